The summed E-state index contributed by atoms with van der Waals surface area (Å²) >= 11 is 0. The number of nitrogens with one attached hydrogen (secondary N) is 1. The van der Waals surface area contributed by atoms with Gasteiger partial charge >= 0.3 is 0 Å². The second kappa shape index (κ2) is 6.06. The van der Waals surface area contributed by atoms with Gasteiger partial charge in [0.2, 0.25) is 5.91 Å². The fraction of sp³-hybridized carbons (Fsp3) is 0. The number of carbonyl (C=O) groups excluding carboxylic acids is 1. The molecule has 102 valence electrons. The SMILES string of the molecule is O=C(/C=C/c1ccc(F)cc1)Nc1cc(F)ccc1F. The number of anilines is 1. The summed E-state index contributed by atoms with van der Waals surface area (Å²) < 4.78 is 38.9. The van der Waals surface area contributed by atoms with Gasteiger partial charge in [-0.05, 0) is 35.9 Å². The molecule has 0 radical (unpaired) electrons. The van der Waals surface area contributed by atoms with Crippen LogP contribution in [0.4, 0.5) is 18.9 Å². The van der Waals surface area contributed by atoms with Crippen LogP contribution in [0.5, 0.6) is 0 Å². The predicted molar refractivity (Wildman–Crippen MR) is 70.4 cm³/mol. The van der Waals surface area contributed by atoms with Crippen molar-refractivity contribution in [1.29, 1.82) is 0 Å². The summed E-state index contributed by atoms with van der Waals surface area (Å²) in [5, 5.41) is 2.22. The summed E-state index contributed by atoms with van der Waals surface area (Å²) in [6, 6.07) is 8.25. The van der Waals surface area contributed by atoms with Crippen molar-refractivity contribution in [1.82, 2.24) is 0 Å². The zero-order valence-corrected chi connectivity index (χ0v) is 10.2. The van der Waals surface area contributed by atoms with E-state index in [0.717, 1.165) is 24.3 Å². The molecule has 1 amide bonds. The van der Waals surface area contributed by atoms with Crippen molar-refractivity contribution in [2.24, 2.45) is 0 Å². The van der Waals surface area contributed by atoms with Gasteiger partial charge in [-0.25, -0.2) is 13.2 Å². The molecule has 2 rings (SSSR count). The van der Waals surface area contributed by atoms with E-state index in [-0.39, 0.29) is 11.5 Å². The first kappa shape index (κ1) is 13.9. The van der Waals surface area contributed by atoms with Gasteiger partial charge in [0.05, 0.1) is 5.69 Å². The van der Waals surface area contributed by atoms with Crippen LogP contribution in [-0.2, 0) is 4.79 Å². The Morgan fingerprint density at radius 2 is 1.60 bits per heavy atom. The Morgan fingerprint density at radius 3 is 2.30 bits per heavy atom. The lowest BCUT2D eigenvalue weighted by atomic mass is 10.2. The molecule has 0 saturated heterocycles. The molecule has 2 aromatic rings. The van der Waals surface area contributed by atoms with E-state index in [1.165, 1.54) is 30.3 Å². The number of hydrogen-bond acceptors (Lipinski definition) is 1. The first-order valence-electron chi connectivity index (χ1n) is 5.74. The van der Waals surface area contributed by atoms with Gasteiger partial charge in [-0.3, -0.25) is 4.79 Å². The van der Waals surface area contributed by atoms with Crippen LogP contribution in [0.15, 0.2) is 48.5 Å². The van der Waals surface area contributed by atoms with Crippen molar-refractivity contribution in [3.63, 3.8) is 0 Å². The third-order valence-corrected chi connectivity index (χ3v) is 2.48. The first-order valence-corrected chi connectivity index (χ1v) is 5.74. The predicted octanol–water partition coefficient (Wildman–Crippen LogP) is 3.76. The molecule has 0 spiro atoms. The van der Waals surface area contributed by atoms with Gasteiger partial charge < -0.3 is 5.32 Å². The molecule has 0 unspecified atom stereocenters. The highest BCUT2D eigenvalue weighted by Gasteiger charge is 2.05. The minimum Gasteiger partial charge on any atom is -0.320 e. The molecule has 2 nitrogen and oxygen atoms in total. The Kier molecular flexibility index (Phi) is 4.20. The molecule has 20 heavy (non-hydrogen) atoms. The number of amides is 1. The van der Waals surface area contributed by atoms with Crippen LogP contribution >= 0.6 is 0 Å². The van der Waals surface area contributed by atoms with E-state index in [9.17, 15) is 18.0 Å². The average Bonchev–Trinajstić information content (AvgIpc) is 2.42. The van der Waals surface area contributed by atoms with Crippen molar-refractivity contribution in [3.05, 3.63) is 71.6 Å². The quantitative estimate of drug-likeness (QED) is 0.850. The fourth-order valence-electron chi connectivity index (χ4n) is 1.51. The third kappa shape index (κ3) is 3.71. The van der Waals surface area contributed by atoms with E-state index < -0.39 is 17.5 Å². The lowest BCUT2D eigenvalue weighted by Crippen LogP contribution is -2.09. The van der Waals surface area contributed by atoms with Crippen LogP contribution < -0.4 is 5.32 Å². The van der Waals surface area contributed by atoms with Crippen molar-refractivity contribution in [2.75, 3.05) is 5.32 Å². The Bertz CT molecular complexity index is 651. The molecular formula is C15H10F3NO. The van der Waals surface area contributed by atoms with Crippen molar-refractivity contribution >= 4 is 17.7 Å². The fourth-order valence-corrected chi connectivity index (χ4v) is 1.51. The molecule has 0 aliphatic rings. The zero-order valence-electron chi connectivity index (χ0n) is 10.2. The Balaban J connectivity index is 2.05. The Labute approximate surface area is 113 Å². The summed E-state index contributed by atoms with van der Waals surface area (Å²) in [6.07, 6.45) is 2.59. The van der Waals surface area contributed by atoms with E-state index in [4.69, 9.17) is 0 Å². The highest BCUT2D eigenvalue weighted by molar-refractivity contribution is 6.01. The molecule has 0 aliphatic heterocycles. The lowest BCUT2D eigenvalue weighted by molar-refractivity contribution is -0.111. The van der Waals surface area contributed by atoms with Gasteiger partial charge in [-0.15, -0.1) is 0 Å². The summed E-state index contributed by atoms with van der Waals surface area (Å²) in [6.45, 7) is 0. The lowest BCUT2D eigenvalue weighted by Gasteiger charge is -2.03. The van der Waals surface area contributed by atoms with E-state index >= 15 is 0 Å². The normalized spacial score (nSPS) is 10.8. The minimum atomic E-state index is -0.727. The van der Waals surface area contributed by atoms with Crippen molar-refractivity contribution in [3.8, 4) is 0 Å². The standard InChI is InChI=1S/C15H10F3NO/c16-11-4-1-10(2-5-11)3-8-15(20)19-14-9-12(17)6-7-13(14)18/h1-9H,(H,19,20)/b8-3+. The molecule has 0 fully saturated rings. The second-order valence-electron chi connectivity index (χ2n) is 4.00. The maximum atomic E-state index is 13.3. The summed E-state index contributed by atoms with van der Waals surface area (Å²) in [5.74, 6) is -2.37. The van der Waals surface area contributed by atoms with Crippen LogP contribution in [-0.4, -0.2) is 5.91 Å². The van der Waals surface area contributed by atoms with Crippen LogP contribution in [0.3, 0.4) is 0 Å². The molecule has 0 atom stereocenters. The molecule has 0 saturated carbocycles. The average molecular weight is 277 g/mol. The first-order chi connectivity index (χ1) is 9.54. The zero-order chi connectivity index (χ0) is 14.5. The molecule has 0 aromatic heterocycles. The van der Waals surface area contributed by atoms with Gasteiger partial charge in [0.15, 0.2) is 0 Å². The van der Waals surface area contributed by atoms with Crippen LogP contribution in [0, 0.1) is 17.5 Å². The van der Waals surface area contributed by atoms with Crippen LogP contribution in [0.1, 0.15) is 5.56 Å². The number of halogens is 3. The highest BCUT2D eigenvalue weighted by Crippen LogP contribution is 2.15. The summed E-state index contributed by atoms with van der Waals surface area (Å²) in [4.78, 5) is 11.6. The molecule has 2 aromatic carbocycles. The number of hydrogen-bond donors (Lipinski definition) is 1. The van der Waals surface area contributed by atoms with Crippen LogP contribution in [0.25, 0.3) is 6.08 Å². The smallest absolute Gasteiger partial charge is 0.248 e. The maximum Gasteiger partial charge on any atom is 0.248 e. The maximum absolute atomic E-state index is 13.3. The van der Waals surface area contributed by atoms with Crippen molar-refractivity contribution in [2.45, 2.75) is 0 Å². The number of carbonyl (C=O) groups is 1. The summed E-state index contributed by atoms with van der Waals surface area (Å²) in [5.41, 5.74) is 0.375. The van der Waals surface area contributed by atoms with E-state index in [1.807, 2.05) is 0 Å². The monoisotopic (exact) mass is 277 g/mol. The topological polar surface area (TPSA) is 29.1 Å². The van der Waals surface area contributed by atoms with Gasteiger partial charge in [0.1, 0.15) is 17.5 Å². The van der Waals surface area contributed by atoms with Gasteiger partial charge in [0.25, 0.3) is 0 Å². The molecular weight excluding hydrogens is 267 g/mol. The van der Waals surface area contributed by atoms with E-state index in [2.05, 4.69) is 5.32 Å². The van der Waals surface area contributed by atoms with Crippen LogP contribution in [0.2, 0.25) is 0 Å². The Hall–Kier alpha value is -2.56. The number of rotatable bonds is 3. The minimum absolute atomic E-state index is 0.237. The highest BCUT2D eigenvalue weighted by atomic mass is 19.1. The van der Waals surface area contributed by atoms with Crippen molar-refractivity contribution < 1.29 is 18.0 Å². The molecule has 1 N–H and O–H groups in total. The largest absolute Gasteiger partial charge is 0.320 e. The summed E-state index contributed by atoms with van der Waals surface area (Å²) in [7, 11) is 0. The van der Waals surface area contributed by atoms with E-state index in [0.29, 0.717) is 5.56 Å². The molecule has 0 heterocycles. The van der Waals surface area contributed by atoms with Gasteiger partial charge in [0, 0.05) is 12.1 Å². The van der Waals surface area contributed by atoms with Gasteiger partial charge in [-0.1, -0.05) is 12.1 Å². The Morgan fingerprint density at radius 1 is 0.950 bits per heavy atom. The molecule has 0 aliphatic carbocycles. The third-order valence-electron chi connectivity index (χ3n) is 2.48. The second-order valence-corrected chi connectivity index (χ2v) is 4.00. The van der Waals surface area contributed by atoms with Gasteiger partial charge in [-0.2, -0.15) is 0 Å². The molecule has 0 bridgehead atoms. The molecule has 5 heteroatoms. The van der Waals surface area contributed by atoms with E-state index in [1.54, 1.807) is 0 Å². The number of benzene rings is 2.